The van der Waals surface area contributed by atoms with Crippen LogP contribution in [-0.2, 0) is 0 Å². The van der Waals surface area contributed by atoms with Crippen molar-refractivity contribution in [2.45, 2.75) is 25.8 Å². The molecule has 2 unspecified atom stereocenters. The summed E-state index contributed by atoms with van der Waals surface area (Å²) in [6, 6.07) is 1.67. The van der Waals surface area contributed by atoms with Crippen LogP contribution in [0.25, 0.3) is 0 Å². The Bertz CT molecular complexity index is 525. The maximum absolute atomic E-state index is 13.6. The normalized spacial score (nSPS) is 19.9. The molecular weight excluding hydrogens is 305 g/mol. The number of nitrogens with two attached hydrogens (primary N) is 1. The number of benzene rings is 1. The van der Waals surface area contributed by atoms with Gasteiger partial charge in [0.15, 0.2) is 17.5 Å². The van der Waals surface area contributed by atoms with Gasteiger partial charge in [-0.1, -0.05) is 0 Å². The highest BCUT2D eigenvalue weighted by Gasteiger charge is 2.29. The summed E-state index contributed by atoms with van der Waals surface area (Å²) >= 11 is 0. The monoisotopic (exact) mass is 322 g/mol. The van der Waals surface area contributed by atoms with Gasteiger partial charge in [0.05, 0.1) is 5.56 Å². The average Bonchev–Trinajstić information content (AvgIpc) is 2.44. The molecule has 1 amide bonds. The predicted octanol–water partition coefficient (Wildman–Crippen LogP) is 2.73. The van der Waals surface area contributed by atoms with E-state index in [4.69, 9.17) is 5.73 Å². The van der Waals surface area contributed by atoms with Gasteiger partial charge in [0.2, 0.25) is 0 Å². The second-order valence-corrected chi connectivity index (χ2v) is 5.24. The van der Waals surface area contributed by atoms with E-state index in [1.807, 2.05) is 6.92 Å². The molecule has 0 spiro atoms. The first-order valence-corrected chi connectivity index (χ1v) is 6.60. The van der Waals surface area contributed by atoms with E-state index in [1.54, 1.807) is 0 Å². The topological polar surface area (TPSA) is 46.3 Å². The maximum atomic E-state index is 13.6. The van der Waals surface area contributed by atoms with Crippen LogP contribution in [0.15, 0.2) is 12.1 Å². The van der Waals surface area contributed by atoms with E-state index in [1.165, 1.54) is 4.90 Å². The molecule has 1 aliphatic heterocycles. The minimum atomic E-state index is -1.61. The summed E-state index contributed by atoms with van der Waals surface area (Å²) in [5.41, 5.74) is 5.38. The zero-order chi connectivity index (χ0) is 14.9. The molecular formula is C14H18ClF3N2O. The molecule has 1 aliphatic rings. The van der Waals surface area contributed by atoms with Crippen LogP contribution in [0.5, 0.6) is 0 Å². The van der Waals surface area contributed by atoms with E-state index in [2.05, 4.69) is 0 Å². The highest BCUT2D eigenvalue weighted by atomic mass is 35.5. The summed E-state index contributed by atoms with van der Waals surface area (Å²) < 4.78 is 39.7. The number of carbonyl (C=O) groups is 1. The molecule has 21 heavy (non-hydrogen) atoms. The fourth-order valence-corrected chi connectivity index (χ4v) is 2.49. The number of nitrogens with zero attached hydrogens (tertiary/aromatic N) is 1. The first-order valence-electron chi connectivity index (χ1n) is 6.60. The fourth-order valence-electron chi connectivity index (χ4n) is 2.49. The number of rotatable bonds is 2. The van der Waals surface area contributed by atoms with Crippen LogP contribution in [0.1, 0.15) is 30.1 Å². The van der Waals surface area contributed by atoms with Crippen LogP contribution in [0.2, 0.25) is 0 Å². The fraction of sp³-hybridized carbons (Fsp3) is 0.500. The van der Waals surface area contributed by atoms with Gasteiger partial charge in [0.25, 0.3) is 5.91 Å². The lowest BCUT2D eigenvalue weighted by Crippen LogP contribution is -2.45. The molecule has 0 radical (unpaired) electrons. The largest absolute Gasteiger partial charge is 0.338 e. The minimum absolute atomic E-state index is 0. The molecule has 1 aromatic carbocycles. The summed E-state index contributed by atoms with van der Waals surface area (Å²) in [5, 5.41) is 0. The molecule has 1 saturated heterocycles. The van der Waals surface area contributed by atoms with Gasteiger partial charge in [-0.3, -0.25) is 4.79 Å². The maximum Gasteiger partial charge on any atom is 0.256 e. The van der Waals surface area contributed by atoms with Gasteiger partial charge in [-0.15, -0.1) is 12.4 Å². The Kier molecular flexibility index (Phi) is 6.04. The molecule has 0 aromatic heterocycles. The number of halogens is 4. The van der Waals surface area contributed by atoms with E-state index in [0.29, 0.717) is 13.1 Å². The Morgan fingerprint density at radius 3 is 2.62 bits per heavy atom. The molecule has 2 atom stereocenters. The van der Waals surface area contributed by atoms with Gasteiger partial charge in [-0.25, -0.2) is 13.2 Å². The molecule has 3 nitrogen and oxygen atoms in total. The Labute approximate surface area is 127 Å². The third-order valence-electron chi connectivity index (χ3n) is 3.75. The zero-order valence-corrected chi connectivity index (χ0v) is 12.4. The summed E-state index contributed by atoms with van der Waals surface area (Å²) in [6.07, 6.45) is 1.67. The standard InChI is InChI=1S/C14H17F3N2O.ClH/c1-8(18)9-3-2-6-19(7-9)14(20)10-4-5-11(15)13(17)12(10)16;/h4-5,8-9H,2-3,6-7,18H2,1H3;1H. The van der Waals surface area contributed by atoms with Crippen LogP contribution < -0.4 is 5.73 Å². The molecule has 0 aliphatic carbocycles. The van der Waals surface area contributed by atoms with Crippen molar-refractivity contribution in [3.63, 3.8) is 0 Å². The van der Waals surface area contributed by atoms with Crippen molar-refractivity contribution >= 4 is 18.3 Å². The number of piperidine rings is 1. The minimum Gasteiger partial charge on any atom is -0.338 e. The molecule has 0 bridgehead atoms. The molecule has 7 heteroatoms. The van der Waals surface area contributed by atoms with Gasteiger partial charge in [0, 0.05) is 19.1 Å². The molecule has 1 heterocycles. The zero-order valence-electron chi connectivity index (χ0n) is 11.6. The number of hydrogen-bond acceptors (Lipinski definition) is 2. The van der Waals surface area contributed by atoms with Crippen molar-refractivity contribution < 1.29 is 18.0 Å². The molecule has 2 rings (SSSR count). The lowest BCUT2D eigenvalue weighted by atomic mass is 9.92. The summed E-state index contributed by atoms with van der Waals surface area (Å²) in [5.74, 6) is -4.83. The second-order valence-electron chi connectivity index (χ2n) is 5.24. The van der Waals surface area contributed by atoms with E-state index in [9.17, 15) is 18.0 Å². The van der Waals surface area contributed by atoms with Gasteiger partial charge in [-0.2, -0.15) is 0 Å². The van der Waals surface area contributed by atoms with Crippen LogP contribution in [0, 0.1) is 23.4 Å². The summed E-state index contributed by atoms with van der Waals surface area (Å²) in [6.45, 7) is 2.74. The molecule has 2 N–H and O–H groups in total. The number of likely N-dealkylation sites (tertiary alicyclic amines) is 1. The molecule has 0 saturated carbocycles. The number of hydrogen-bond donors (Lipinski definition) is 1. The van der Waals surface area contributed by atoms with Crippen LogP contribution in [-0.4, -0.2) is 29.9 Å². The Balaban J connectivity index is 0.00000220. The van der Waals surface area contributed by atoms with Gasteiger partial charge < -0.3 is 10.6 Å². The molecule has 1 aromatic rings. The Morgan fingerprint density at radius 1 is 1.33 bits per heavy atom. The van der Waals surface area contributed by atoms with E-state index in [0.717, 1.165) is 25.0 Å². The lowest BCUT2D eigenvalue weighted by Gasteiger charge is -2.34. The first-order chi connectivity index (χ1) is 9.41. The second kappa shape index (κ2) is 7.13. The summed E-state index contributed by atoms with van der Waals surface area (Å²) in [7, 11) is 0. The third-order valence-corrected chi connectivity index (χ3v) is 3.75. The van der Waals surface area contributed by atoms with Gasteiger partial charge in [0.1, 0.15) is 0 Å². The Hall–Kier alpha value is -1.27. The third kappa shape index (κ3) is 3.68. The van der Waals surface area contributed by atoms with Crippen molar-refractivity contribution in [1.82, 2.24) is 4.90 Å². The SMILES string of the molecule is CC(N)C1CCCN(C(=O)c2ccc(F)c(F)c2F)C1.Cl. The van der Waals surface area contributed by atoms with Crippen molar-refractivity contribution in [2.24, 2.45) is 11.7 Å². The van der Waals surface area contributed by atoms with E-state index in [-0.39, 0.29) is 24.4 Å². The highest BCUT2D eigenvalue weighted by Crippen LogP contribution is 2.22. The van der Waals surface area contributed by atoms with E-state index < -0.39 is 28.9 Å². The van der Waals surface area contributed by atoms with Crippen molar-refractivity contribution in [3.05, 3.63) is 35.1 Å². The van der Waals surface area contributed by atoms with Gasteiger partial charge >= 0.3 is 0 Å². The molecule has 118 valence electrons. The average molecular weight is 323 g/mol. The smallest absolute Gasteiger partial charge is 0.256 e. The van der Waals surface area contributed by atoms with Crippen LogP contribution >= 0.6 is 12.4 Å². The molecule has 1 fully saturated rings. The van der Waals surface area contributed by atoms with Crippen molar-refractivity contribution in [1.29, 1.82) is 0 Å². The Morgan fingerprint density at radius 2 is 2.00 bits per heavy atom. The quantitative estimate of drug-likeness (QED) is 0.851. The van der Waals surface area contributed by atoms with Crippen molar-refractivity contribution in [3.8, 4) is 0 Å². The lowest BCUT2D eigenvalue weighted by molar-refractivity contribution is 0.0655. The van der Waals surface area contributed by atoms with E-state index >= 15 is 0 Å². The van der Waals surface area contributed by atoms with Crippen molar-refractivity contribution in [2.75, 3.05) is 13.1 Å². The number of carbonyl (C=O) groups excluding carboxylic acids is 1. The number of amides is 1. The summed E-state index contributed by atoms with van der Waals surface area (Å²) in [4.78, 5) is 13.7. The van der Waals surface area contributed by atoms with Crippen LogP contribution in [0.4, 0.5) is 13.2 Å². The highest BCUT2D eigenvalue weighted by molar-refractivity contribution is 5.94. The van der Waals surface area contributed by atoms with Crippen LogP contribution in [0.3, 0.4) is 0 Å². The first kappa shape index (κ1) is 17.8. The van der Waals surface area contributed by atoms with Gasteiger partial charge in [-0.05, 0) is 37.8 Å². The predicted molar refractivity (Wildman–Crippen MR) is 75.8 cm³/mol.